The van der Waals surface area contributed by atoms with E-state index in [1.807, 2.05) is 37.6 Å². The van der Waals surface area contributed by atoms with E-state index in [1.165, 1.54) is 0 Å². The molecule has 0 bridgehead atoms. The largest absolute Gasteiger partial charge is 0.350 e. The number of guanidine groups is 1. The van der Waals surface area contributed by atoms with Crippen LogP contribution in [0.4, 0.5) is 0 Å². The molecule has 0 saturated heterocycles. The molecule has 0 aliphatic carbocycles. The number of aryl methyl sites for hydroxylation is 1. The highest BCUT2D eigenvalue weighted by atomic mass is 35.5. The van der Waals surface area contributed by atoms with Gasteiger partial charge in [-0.3, -0.25) is 4.99 Å². The van der Waals surface area contributed by atoms with Crippen LogP contribution in [-0.4, -0.2) is 27.8 Å². The number of nitrogens with one attached hydrogen (secondary N) is 2. The van der Waals surface area contributed by atoms with E-state index in [2.05, 4.69) is 25.8 Å². The molecular formula is C15H20Cl2N6. The Hall–Kier alpha value is -1.79. The van der Waals surface area contributed by atoms with Gasteiger partial charge in [0, 0.05) is 14.1 Å². The SMILES string of the molecule is CN=C(NCc1nnc(C)n1C)NC(C)c1ccc(Cl)c(Cl)c1. The van der Waals surface area contributed by atoms with E-state index in [0.717, 1.165) is 17.2 Å². The maximum absolute atomic E-state index is 6.07. The van der Waals surface area contributed by atoms with Crippen molar-refractivity contribution >= 4 is 29.2 Å². The van der Waals surface area contributed by atoms with E-state index in [4.69, 9.17) is 23.2 Å². The molecule has 0 aliphatic rings. The lowest BCUT2D eigenvalue weighted by atomic mass is 10.1. The van der Waals surface area contributed by atoms with Crippen molar-refractivity contribution in [1.82, 2.24) is 25.4 Å². The summed E-state index contributed by atoms with van der Waals surface area (Å²) in [5.41, 5.74) is 1.02. The van der Waals surface area contributed by atoms with Gasteiger partial charge in [-0.05, 0) is 31.5 Å². The van der Waals surface area contributed by atoms with Gasteiger partial charge in [0.1, 0.15) is 5.82 Å². The summed E-state index contributed by atoms with van der Waals surface area (Å²) in [7, 11) is 3.65. The Kier molecular flexibility index (Phi) is 5.85. The maximum Gasteiger partial charge on any atom is 0.191 e. The van der Waals surface area contributed by atoms with Crippen molar-refractivity contribution in [3.05, 3.63) is 45.5 Å². The van der Waals surface area contributed by atoms with Gasteiger partial charge < -0.3 is 15.2 Å². The highest BCUT2D eigenvalue weighted by Gasteiger charge is 2.11. The predicted octanol–water partition coefficient (Wildman–Crippen LogP) is 2.86. The van der Waals surface area contributed by atoms with Crippen molar-refractivity contribution in [2.45, 2.75) is 26.4 Å². The molecule has 1 heterocycles. The number of rotatable bonds is 4. The molecule has 0 spiro atoms. The zero-order chi connectivity index (χ0) is 17.0. The number of aliphatic imine (C=N–C) groups is 1. The average Bonchev–Trinajstić information content (AvgIpc) is 2.85. The van der Waals surface area contributed by atoms with Gasteiger partial charge in [0.25, 0.3) is 0 Å². The van der Waals surface area contributed by atoms with Crippen LogP contribution in [0.3, 0.4) is 0 Å². The fourth-order valence-electron chi connectivity index (χ4n) is 2.03. The predicted molar refractivity (Wildman–Crippen MR) is 94.0 cm³/mol. The number of nitrogens with zero attached hydrogens (tertiary/aromatic N) is 4. The van der Waals surface area contributed by atoms with E-state index in [-0.39, 0.29) is 6.04 Å². The molecule has 8 heteroatoms. The number of benzene rings is 1. The maximum atomic E-state index is 6.07. The Morgan fingerprint density at radius 3 is 2.61 bits per heavy atom. The van der Waals surface area contributed by atoms with E-state index in [1.54, 1.807) is 13.1 Å². The molecule has 0 amide bonds. The first kappa shape index (κ1) is 17.6. The molecule has 0 aliphatic heterocycles. The van der Waals surface area contributed by atoms with Gasteiger partial charge in [-0.1, -0.05) is 29.3 Å². The Labute approximate surface area is 145 Å². The van der Waals surface area contributed by atoms with Crippen LogP contribution in [0, 0.1) is 6.92 Å². The second-order valence-electron chi connectivity index (χ2n) is 5.19. The Bertz CT molecular complexity index is 710. The number of hydrogen-bond donors (Lipinski definition) is 2. The molecule has 1 aromatic carbocycles. The third-order valence-electron chi connectivity index (χ3n) is 3.62. The fourth-order valence-corrected chi connectivity index (χ4v) is 2.34. The minimum Gasteiger partial charge on any atom is -0.350 e. The Morgan fingerprint density at radius 2 is 2.04 bits per heavy atom. The smallest absolute Gasteiger partial charge is 0.191 e. The third-order valence-corrected chi connectivity index (χ3v) is 4.36. The molecule has 2 aromatic rings. The molecule has 1 atom stereocenters. The van der Waals surface area contributed by atoms with Crippen molar-refractivity contribution in [3.8, 4) is 0 Å². The van der Waals surface area contributed by atoms with Crippen molar-refractivity contribution in [3.63, 3.8) is 0 Å². The Balaban J connectivity index is 1.98. The normalized spacial score (nSPS) is 13.0. The number of hydrogen-bond acceptors (Lipinski definition) is 3. The molecule has 124 valence electrons. The minimum atomic E-state index is 0.0252. The van der Waals surface area contributed by atoms with Gasteiger partial charge in [-0.15, -0.1) is 10.2 Å². The summed E-state index contributed by atoms with van der Waals surface area (Å²) in [5.74, 6) is 2.38. The lowest BCUT2D eigenvalue weighted by Crippen LogP contribution is -2.38. The van der Waals surface area contributed by atoms with Gasteiger partial charge >= 0.3 is 0 Å². The second-order valence-corrected chi connectivity index (χ2v) is 6.00. The van der Waals surface area contributed by atoms with Crippen LogP contribution in [0.15, 0.2) is 23.2 Å². The van der Waals surface area contributed by atoms with Gasteiger partial charge in [-0.25, -0.2) is 0 Å². The summed E-state index contributed by atoms with van der Waals surface area (Å²) in [6, 6.07) is 5.60. The van der Waals surface area contributed by atoms with Crippen LogP contribution in [0.1, 0.15) is 30.2 Å². The average molecular weight is 355 g/mol. The van der Waals surface area contributed by atoms with Crippen molar-refractivity contribution in [1.29, 1.82) is 0 Å². The summed E-state index contributed by atoms with van der Waals surface area (Å²) in [5, 5.41) is 15.8. The fraction of sp³-hybridized carbons (Fsp3) is 0.400. The van der Waals surface area contributed by atoms with Gasteiger partial charge in [0.2, 0.25) is 0 Å². The summed E-state index contributed by atoms with van der Waals surface area (Å²) >= 11 is 12.0. The molecule has 2 N–H and O–H groups in total. The van der Waals surface area contributed by atoms with Crippen LogP contribution < -0.4 is 10.6 Å². The lowest BCUT2D eigenvalue weighted by Gasteiger charge is -2.18. The summed E-state index contributed by atoms with van der Waals surface area (Å²) in [4.78, 5) is 4.22. The molecule has 0 fully saturated rings. The molecule has 23 heavy (non-hydrogen) atoms. The van der Waals surface area contributed by atoms with Crippen LogP contribution in [0.2, 0.25) is 10.0 Å². The summed E-state index contributed by atoms with van der Waals surface area (Å²) in [6.45, 7) is 4.47. The van der Waals surface area contributed by atoms with Crippen molar-refractivity contribution in [2.24, 2.45) is 12.0 Å². The van der Waals surface area contributed by atoms with Crippen molar-refractivity contribution in [2.75, 3.05) is 7.05 Å². The summed E-state index contributed by atoms with van der Waals surface area (Å²) < 4.78 is 1.93. The van der Waals surface area contributed by atoms with Crippen LogP contribution in [0.25, 0.3) is 0 Å². The van der Waals surface area contributed by atoms with E-state index in [9.17, 15) is 0 Å². The first-order valence-corrected chi connectivity index (χ1v) is 7.95. The highest BCUT2D eigenvalue weighted by molar-refractivity contribution is 6.42. The molecule has 6 nitrogen and oxygen atoms in total. The van der Waals surface area contributed by atoms with Crippen LogP contribution in [0.5, 0.6) is 0 Å². The highest BCUT2D eigenvalue weighted by Crippen LogP contribution is 2.25. The zero-order valence-corrected chi connectivity index (χ0v) is 15.1. The number of aromatic nitrogens is 3. The van der Waals surface area contributed by atoms with Crippen molar-refractivity contribution < 1.29 is 0 Å². The molecule has 1 aromatic heterocycles. The van der Waals surface area contributed by atoms with Gasteiger partial charge in [-0.2, -0.15) is 0 Å². The van der Waals surface area contributed by atoms with Gasteiger partial charge in [0.15, 0.2) is 11.8 Å². The molecular weight excluding hydrogens is 335 g/mol. The monoisotopic (exact) mass is 354 g/mol. The van der Waals surface area contributed by atoms with E-state index >= 15 is 0 Å². The molecule has 2 rings (SSSR count). The molecule has 0 radical (unpaired) electrons. The summed E-state index contributed by atoms with van der Waals surface area (Å²) in [6.07, 6.45) is 0. The Morgan fingerprint density at radius 1 is 1.30 bits per heavy atom. The first-order chi connectivity index (χ1) is 10.9. The third kappa shape index (κ3) is 4.36. The van der Waals surface area contributed by atoms with E-state index < -0.39 is 0 Å². The quantitative estimate of drug-likeness (QED) is 0.654. The minimum absolute atomic E-state index is 0.0252. The topological polar surface area (TPSA) is 67.1 Å². The van der Waals surface area contributed by atoms with Crippen LogP contribution in [-0.2, 0) is 13.6 Å². The van der Waals surface area contributed by atoms with Gasteiger partial charge in [0.05, 0.1) is 22.6 Å². The first-order valence-electron chi connectivity index (χ1n) is 7.19. The standard InChI is InChI=1S/C15H20Cl2N6/c1-9(11-5-6-12(16)13(17)7-11)20-15(18-3)19-8-14-22-21-10(2)23(14)4/h5-7,9H,8H2,1-4H3,(H2,18,19,20). The van der Waals surface area contributed by atoms with Crippen LogP contribution >= 0.6 is 23.2 Å². The zero-order valence-electron chi connectivity index (χ0n) is 13.6. The molecule has 1 unspecified atom stereocenters. The lowest BCUT2D eigenvalue weighted by molar-refractivity contribution is 0.667. The second kappa shape index (κ2) is 7.66. The number of halogens is 2. The van der Waals surface area contributed by atoms with E-state index in [0.29, 0.717) is 22.5 Å². The molecule has 0 saturated carbocycles.